The number of amides is 1. The number of nitrogens with zero attached hydrogens (tertiary/aromatic N) is 2. The van der Waals surface area contributed by atoms with E-state index in [4.69, 9.17) is 0 Å². The number of aryl methyl sites for hydroxylation is 1. The first kappa shape index (κ1) is 28.6. The van der Waals surface area contributed by atoms with Crippen molar-refractivity contribution in [2.45, 2.75) is 44.8 Å². The topological polar surface area (TPSA) is 98.2 Å². The van der Waals surface area contributed by atoms with Crippen molar-refractivity contribution in [1.82, 2.24) is 0 Å². The van der Waals surface area contributed by atoms with Gasteiger partial charge in [-0.3, -0.25) is 9.69 Å². The fraction of sp³-hybridized carbons (Fsp3) is 0.219. The highest BCUT2D eigenvalue weighted by molar-refractivity contribution is 7.14. The molecule has 0 saturated carbocycles. The molecule has 1 heterocycles. The van der Waals surface area contributed by atoms with E-state index in [2.05, 4.69) is 0 Å². The summed E-state index contributed by atoms with van der Waals surface area (Å²) in [4.78, 5) is 41.7. The van der Waals surface area contributed by atoms with E-state index in [9.17, 15) is 24.6 Å². The number of hydrogen-bond acceptors (Lipinski definition) is 5. The summed E-state index contributed by atoms with van der Waals surface area (Å²) < 4.78 is 0. The van der Waals surface area contributed by atoms with Crippen molar-refractivity contribution in [3.05, 3.63) is 108 Å². The van der Waals surface area contributed by atoms with Gasteiger partial charge < -0.3 is 15.1 Å². The molecule has 0 radical (unpaired) electrons. The number of aliphatic carboxylic acids is 2. The summed E-state index contributed by atoms with van der Waals surface area (Å²) >= 11 is 1.34. The van der Waals surface area contributed by atoms with E-state index in [0.717, 1.165) is 16.7 Å². The maximum absolute atomic E-state index is 14.1. The highest BCUT2D eigenvalue weighted by Crippen LogP contribution is 2.31. The average molecular weight is 557 g/mol. The maximum atomic E-state index is 14.1. The Hall–Kier alpha value is -4.43. The van der Waals surface area contributed by atoms with Crippen molar-refractivity contribution in [2.24, 2.45) is 0 Å². The molecule has 0 aliphatic carbocycles. The number of thiophene rings is 1. The Morgan fingerprint density at radius 3 is 1.88 bits per heavy atom. The number of anilines is 2. The van der Waals surface area contributed by atoms with Crippen LogP contribution in [0.1, 0.15) is 25.8 Å². The first-order valence-electron chi connectivity index (χ1n) is 13.1. The second-order valence-electron chi connectivity index (χ2n) is 9.55. The number of benzene rings is 3. The Morgan fingerprint density at radius 1 is 0.725 bits per heavy atom. The van der Waals surface area contributed by atoms with Gasteiger partial charge in [-0.2, -0.15) is 0 Å². The molecule has 2 N–H and O–H groups in total. The molecule has 40 heavy (non-hydrogen) atoms. The van der Waals surface area contributed by atoms with Crippen molar-refractivity contribution >= 4 is 39.9 Å². The van der Waals surface area contributed by atoms with Crippen LogP contribution < -0.4 is 9.80 Å². The lowest BCUT2D eigenvalue weighted by Crippen LogP contribution is -2.56. The summed E-state index contributed by atoms with van der Waals surface area (Å²) in [5.41, 5.74) is 3.35. The Balaban J connectivity index is 1.67. The summed E-state index contributed by atoms with van der Waals surface area (Å²) in [6.07, 6.45) is 0.784. The van der Waals surface area contributed by atoms with Crippen molar-refractivity contribution in [3.63, 3.8) is 0 Å². The van der Waals surface area contributed by atoms with Gasteiger partial charge in [-0.25, -0.2) is 9.59 Å². The minimum atomic E-state index is -1.17. The summed E-state index contributed by atoms with van der Waals surface area (Å²) in [6, 6.07) is 27.0. The molecule has 3 atom stereocenters. The summed E-state index contributed by atoms with van der Waals surface area (Å²) in [6.45, 7) is 3.10. The Morgan fingerprint density at radius 2 is 1.32 bits per heavy atom. The van der Waals surface area contributed by atoms with Gasteiger partial charge in [0.25, 0.3) is 0 Å². The third kappa shape index (κ3) is 6.58. The van der Waals surface area contributed by atoms with Crippen molar-refractivity contribution in [3.8, 4) is 11.1 Å². The number of carboxylic acid groups (broad SMARTS) is 2. The average Bonchev–Trinajstić information content (AvgIpc) is 3.50. The molecule has 7 nitrogen and oxygen atoms in total. The monoisotopic (exact) mass is 556 g/mol. The number of rotatable bonds is 12. The zero-order chi connectivity index (χ0) is 28.6. The van der Waals surface area contributed by atoms with Crippen LogP contribution in [0.4, 0.5) is 10.7 Å². The molecule has 0 fully saturated rings. The Bertz CT molecular complexity index is 1410. The molecule has 1 aromatic heterocycles. The van der Waals surface area contributed by atoms with Gasteiger partial charge in [-0.15, -0.1) is 11.3 Å². The van der Waals surface area contributed by atoms with Crippen molar-refractivity contribution in [1.29, 1.82) is 0 Å². The van der Waals surface area contributed by atoms with Gasteiger partial charge in [0, 0.05) is 5.69 Å². The lowest BCUT2D eigenvalue weighted by molar-refractivity contribution is -0.141. The summed E-state index contributed by atoms with van der Waals surface area (Å²) in [7, 11) is 0. The quantitative estimate of drug-likeness (QED) is 0.216. The second-order valence-corrected chi connectivity index (χ2v) is 10.5. The van der Waals surface area contributed by atoms with Gasteiger partial charge in [0.2, 0.25) is 5.91 Å². The van der Waals surface area contributed by atoms with Gasteiger partial charge in [0.1, 0.15) is 18.1 Å². The van der Waals surface area contributed by atoms with Crippen LogP contribution in [-0.2, 0) is 20.8 Å². The van der Waals surface area contributed by atoms with Crippen LogP contribution in [0.15, 0.2) is 102 Å². The molecular weight excluding hydrogens is 524 g/mol. The van der Waals surface area contributed by atoms with Gasteiger partial charge >= 0.3 is 11.9 Å². The fourth-order valence-corrected chi connectivity index (χ4v) is 5.64. The van der Waals surface area contributed by atoms with E-state index < -0.39 is 36.0 Å². The Kier molecular flexibility index (Phi) is 9.35. The van der Waals surface area contributed by atoms with Gasteiger partial charge in [0.05, 0.1) is 5.00 Å². The highest BCUT2D eigenvalue weighted by Gasteiger charge is 2.38. The van der Waals surface area contributed by atoms with Crippen LogP contribution in [0, 0.1) is 0 Å². The van der Waals surface area contributed by atoms with Crippen LogP contribution >= 0.6 is 11.3 Å². The van der Waals surface area contributed by atoms with Crippen LogP contribution in [0.5, 0.6) is 0 Å². The molecule has 0 aliphatic rings. The molecule has 0 bridgehead atoms. The SMILES string of the molecule is C[C@@H](C(=O)O)N(C(=O)[C@H](C)N(c1cccs1)[C@@H](CCc1ccccc1)C(=O)O)c1ccc(-c2ccccc2)cc1. The lowest BCUT2D eigenvalue weighted by Gasteiger charge is -2.38. The first-order valence-corrected chi connectivity index (χ1v) is 14.0. The minimum absolute atomic E-state index is 0.273. The van der Waals surface area contributed by atoms with E-state index in [-0.39, 0.29) is 6.42 Å². The number of carbonyl (C=O) groups excluding carboxylic acids is 1. The van der Waals surface area contributed by atoms with E-state index in [0.29, 0.717) is 17.1 Å². The third-order valence-corrected chi connectivity index (χ3v) is 7.82. The predicted molar refractivity (Wildman–Crippen MR) is 159 cm³/mol. The van der Waals surface area contributed by atoms with Crippen LogP contribution in [0.25, 0.3) is 11.1 Å². The van der Waals surface area contributed by atoms with Crippen LogP contribution in [-0.4, -0.2) is 46.2 Å². The molecule has 0 aliphatic heterocycles. The van der Waals surface area contributed by atoms with Crippen molar-refractivity contribution in [2.75, 3.05) is 9.80 Å². The normalized spacial score (nSPS) is 13.2. The smallest absolute Gasteiger partial charge is 0.326 e. The van der Waals surface area contributed by atoms with Crippen molar-refractivity contribution < 1.29 is 24.6 Å². The minimum Gasteiger partial charge on any atom is -0.480 e. The molecule has 3 aromatic carbocycles. The molecule has 0 saturated heterocycles. The van der Waals surface area contributed by atoms with Crippen LogP contribution in [0.3, 0.4) is 0 Å². The van der Waals surface area contributed by atoms with E-state index in [1.807, 2.05) is 78.2 Å². The van der Waals surface area contributed by atoms with E-state index >= 15 is 0 Å². The predicted octanol–water partition coefficient (Wildman–Crippen LogP) is 6.20. The van der Waals surface area contributed by atoms with Gasteiger partial charge in [0.15, 0.2) is 0 Å². The molecule has 4 aromatic rings. The fourth-order valence-electron chi connectivity index (χ4n) is 4.78. The molecule has 8 heteroatoms. The maximum Gasteiger partial charge on any atom is 0.326 e. The Labute approximate surface area is 237 Å². The molecule has 0 unspecified atom stereocenters. The number of carboxylic acids is 2. The molecule has 1 amide bonds. The zero-order valence-electron chi connectivity index (χ0n) is 22.4. The molecule has 0 spiro atoms. The number of carbonyl (C=O) groups is 3. The standard InChI is InChI=1S/C32H32N2O5S/c1-22(34(29-14-9-21-40-29)28(32(38)39)20-15-24-10-5-3-6-11-24)30(35)33(23(2)31(36)37)27-18-16-26(17-19-27)25-12-7-4-8-13-25/h3-14,16-19,21-23,28H,15,20H2,1-2H3,(H,36,37)(H,38,39)/t22-,23-,28-/m0/s1. The molecule has 4 rings (SSSR count). The first-order chi connectivity index (χ1) is 19.3. The molecular formula is C32H32N2O5S. The lowest BCUT2D eigenvalue weighted by atomic mass is 10.0. The highest BCUT2D eigenvalue weighted by atomic mass is 32.1. The van der Waals surface area contributed by atoms with Gasteiger partial charge in [-0.1, -0.05) is 72.8 Å². The summed E-state index contributed by atoms with van der Waals surface area (Å²) in [5, 5.41) is 22.7. The van der Waals surface area contributed by atoms with E-state index in [1.165, 1.54) is 23.2 Å². The second kappa shape index (κ2) is 13.1. The summed E-state index contributed by atoms with van der Waals surface area (Å²) in [5.74, 6) is -2.70. The zero-order valence-corrected chi connectivity index (χ0v) is 23.2. The largest absolute Gasteiger partial charge is 0.480 e. The van der Waals surface area contributed by atoms with E-state index in [1.54, 1.807) is 36.1 Å². The third-order valence-electron chi connectivity index (χ3n) is 6.94. The molecule has 206 valence electrons. The van der Waals surface area contributed by atoms with Crippen LogP contribution in [0.2, 0.25) is 0 Å². The number of hydrogen-bond donors (Lipinski definition) is 2. The van der Waals surface area contributed by atoms with Gasteiger partial charge in [-0.05, 0) is 73.0 Å².